The standard InChI is InChI=1S/C24H37N5O/c1-18-13-19(2)16-29(15-18)23(30)17-27-9-11-28(12-10-27)24(25-3)26-22-14-21(22)20-7-5-4-6-8-20/h4-8,18-19,21-22H,9-17H2,1-3H3,(H,25,26). The van der Waals surface area contributed by atoms with Crippen molar-refractivity contribution in [1.82, 2.24) is 20.0 Å². The third kappa shape index (κ3) is 5.15. The molecule has 30 heavy (non-hydrogen) atoms. The zero-order valence-corrected chi connectivity index (χ0v) is 18.8. The number of nitrogens with zero attached hydrogens (tertiary/aromatic N) is 4. The third-order valence-electron chi connectivity index (χ3n) is 6.80. The van der Waals surface area contributed by atoms with E-state index in [9.17, 15) is 4.79 Å². The molecule has 0 aromatic heterocycles. The predicted octanol–water partition coefficient (Wildman–Crippen LogP) is 2.24. The van der Waals surface area contributed by atoms with E-state index in [-0.39, 0.29) is 0 Å². The zero-order valence-electron chi connectivity index (χ0n) is 18.8. The molecule has 2 saturated heterocycles. The highest BCUT2D eigenvalue weighted by molar-refractivity contribution is 5.81. The summed E-state index contributed by atoms with van der Waals surface area (Å²) < 4.78 is 0. The molecule has 3 fully saturated rings. The molecule has 2 aliphatic heterocycles. The van der Waals surface area contributed by atoms with Crippen LogP contribution in [0.4, 0.5) is 0 Å². The lowest BCUT2D eigenvalue weighted by atomic mass is 9.92. The number of hydrogen-bond acceptors (Lipinski definition) is 3. The summed E-state index contributed by atoms with van der Waals surface area (Å²) in [6.45, 7) is 10.6. The largest absolute Gasteiger partial charge is 0.353 e. The van der Waals surface area contributed by atoms with Crippen LogP contribution in [0.15, 0.2) is 35.3 Å². The van der Waals surface area contributed by atoms with Gasteiger partial charge in [0.25, 0.3) is 0 Å². The summed E-state index contributed by atoms with van der Waals surface area (Å²) in [5.41, 5.74) is 1.41. The predicted molar refractivity (Wildman–Crippen MR) is 122 cm³/mol. The Morgan fingerprint density at radius 2 is 1.67 bits per heavy atom. The normalized spacial score (nSPS) is 30.3. The van der Waals surface area contributed by atoms with E-state index in [1.165, 1.54) is 18.4 Å². The van der Waals surface area contributed by atoms with Gasteiger partial charge in [-0.3, -0.25) is 14.7 Å². The number of rotatable bonds is 4. The van der Waals surface area contributed by atoms with Crippen molar-refractivity contribution in [2.24, 2.45) is 16.8 Å². The van der Waals surface area contributed by atoms with Crippen molar-refractivity contribution in [3.05, 3.63) is 35.9 Å². The molecule has 1 aromatic carbocycles. The number of aliphatic imine (C=N–C) groups is 1. The number of piperidine rings is 1. The van der Waals surface area contributed by atoms with Crippen molar-refractivity contribution in [1.29, 1.82) is 0 Å². The van der Waals surface area contributed by atoms with Gasteiger partial charge < -0.3 is 15.1 Å². The Balaban J connectivity index is 1.22. The molecule has 0 bridgehead atoms. The van der Waals surface area contributed by atoms with E-state index in [0.717, 1.165) is 45.2 Å². The number of carbonyl (C=O) groups is 1. The van der Waals surface area contributed by atoms with Gasteiger partial charge in [-0.15, -0.1) is 0 Å². The molecule has 1 N–H and O–H groups in total. The van der Waals surface area contributed by atoms with Crippen LogP contribution in [0.5, 0.6) is 0 Å². The van der Waals surface area contributed by atoms with E-state index >= 15 is 0 Å². The van der Waals surface area contributed by atoms with Crippen LogP contribution < -0.4 is 5.32 Å². The molecule has 6 heteroatoms. The molecule has 6 nitrogen and oxygen atoms in total. The molecular weight excluding hydrogens is 374 g/mol. The van der Waals surface area contributed by atoms with Crippen LogP contribution in [0.1, 0.15) is 38.2 Å². The number of guanidine groups is 1. The van der Waals surface area contributed by atoms with Gasteiger partial charge in [0.1, 0.15) is 0 Å². The Morgan fingerprint density at radius 3 is 2.30 bits per heavy atom. The number of amides is 1. The van der Waals surface area contributed by atoms with Gasteiger partial charge in [0.05, 0.1) is 6.54 Å². The van der Waals surface area contributed by atoms with Gasteiger partial charge in [0.15, 0.2) is 5.96 Å². The summed E-state index contributed by atoms with van der Waals surface area (Å²) >= 11 is 0. The minimum atomic E-state index is 0.299. The molecule has 4 atom stereocenters. The van der Waals surface area contributed by atoms with Crippen molar-refractivity contribution in [2.45, 2.75) is 38.6 Å². The average Bonchev–Trinajstić information content (AvgIpc) is 3.52. The van der Waals surface area contributed by atoms with Crippen molar-refractivity contribution >= 4 is 11.9 Å². The summed E-state index contributed by atoms with van der Waals surface area (Å²) in [6, 6.07) is 11.2. The fraction of sp³-hybridized carbons (Fsp3) is 0.667. The van der Waals surface area contributed by atoms with E-state index in [4.69, 9.17) is 0 Å². The Hall–Kier alpha value is -2.08. The fourth-order valence-corrected chi connectivity index (χ4v) is 5.16. The van der Waals surface area contributed by atoms with Crippen LogP contribution in [-0.4, -0.2) is 85.5 Å². The third-order valence-corrected chi connectivity index (χ3v) is 6.80. The number of carbonyl (C=O) groups excluding carboxylic acids is 1. The summed E-state index contributed by atoms with van der Waals surface area (Å²) in [6.07, 6.45) is 2.41. The Bertz CT molecular complexity index is 733. The van der Waals surface area contributed by atoms with Gasteiger partial charge in [-0.05, 0) is 30.2 Å². The molecular formula is C24H37N5O. The van der Waals surface area contributed by atoms with E-state index in [0.29, 0.717) is 36.2 Å². The number of likely N-dealkylation sites (tertiary alicyclic amines) is 1. The molecule has 2 heterocycles. The summed E-state index contributed by atoms with van der Waals surface area (Å²) in [7, 11) is 1.87. The van der Waals surface area contributed by atoms with E-state index in [1.54, 1.807) is 0 Å². The van der Waals surface area contributed by atoms with Crippen LogP contribution >= 0.6 is 0 Å². The number of benzene rings is 1. The smallest absolute Gasteiger partial charge is 0.236 e. The molecule has 3 aliphatic rings. The quantitative estimate of drug-likeness (QED) is 0.610. The molecule has 1 amide bonds. The molecule has 0 spiro atoms. The summed E-state index contributed by atoms with van der Waals surface area (Å²) in [5.74, 6) is 3.13. The monoisotopic (exact) mass is 411 g/mol. The van der Waals surface area contributed by atoms with Crippen LogP contribution in [0.3, 0.4) is 0 Å². The lowest BCUT2D eigenvalue weighted by Crippen LogP contribution is -2.55. The highest BCUT2D eigenvalue weighted by Crippen LogP contribution is 2.40. The highest BCUT2D eigenvalue weighted by Gasteiger charge is 2.39. The molecule has 164 valence electrons. The second-order valence-corrected chi connectivity index (χ2v) is 9.56. The van der Waals surface area contributed by atoms with Crippen molar-refractivity contribution < 1.29 is 4.79 Å². The van der Waals surface area contributed by atoms with Crippen LogP contribution in [-0.2, 0) is 4.79 Å². The Labute approximate surface area is 181 Å². The van der Waals surface area contributed by atoms with Crippen molar-refractivity contribution in [3.63, 3.8) is 0 Å². The highest BCUT2D eigenvalue weighted by atomic mass is 16.2. The molecule has 1 aliphatic carbocycles. The first-order chi connectivity index (χ1) is 14.5. The topological polar surface area (TPSA) is 51.2 Å². The molecule has 4 unspecified atom stereocenters. The SMILES string of the molecule is CN=C(NC1CC1c1ccccc1)N1CCN(CC(=O)N2CC(C)CC(C)C2)CC1. The van der Waals surface area contributed by atoms with Crippen LogP contribution in [0.2, 0.25) is 0 Å². The van der Waals surface area contributed by atoms with Gasteiger partial charge >= 0.3 is 0 Å². The first-order valence-corrected chi connectivity index (χ1v) is 11.6. The Kier molecular flexibility index (Phi) is 6.61. The minimum absolute atomic E-state index is 0.299. The maximum Gasteiger partial charge on any atom is 0.236 e. The lowest BCUT2D eigenvalue weighted by molar-refractivity contribution is -0.135. The lowest BCUT2D eigenvalue weighted by Gasteiger charge is -2.39. The summed E-state index contributed by atoms with van der Waals surface area (Å²) in [4.78, 5) is 24.1. The second kappa shape index (κ2) is 9.38. The maximum atomic E-state index is 12.8. The van der Waals surface area contributed by atoms with Gasteiger partial charge in [-0.25, -0.2) is 0 Å². The van der Waals surface area contributed by atoms with Crippen LogP contribution in [0.25, 0.3) is 0 Å². The molecule has 1 aromatic rings. The van der Waals surface area contributed by atoms with E-state index in [2.05, 4.69) is 69.2 Å². The van der Waals surface area contributed by atoms with Gasteiger partial charge in [0, 0.05) is 58.3 Å². The number of nitrogens with one attached hydrogen (secondary N) is 1. The minimum Gasteiger partial charge on any atom is -0.353 e. The summed E-state index contributed by atoms with van der Waals surface area (Å²) in [5, 5.41) is 3.66. The first-order valence-electron chi connectivity index (χ1n) is 11.6. The maximum absolute atomic E-state index is 12.8. The fourth-order valence-electron chi connectivity index (χ4n) is 5.16. The average molecular weight is 412 g/mol. The first kappa shape index (κ1) is 21.2. The van der Waals surface area contributed by atoms with E-state index < -0.39 is 0 Å². The van der Waals surface area contributed by atoms with E-state index in [1.807, 2.05) is 7.05 Å². The second-order valence-electron chi connectivity index (χ2n) is 9.56. The molecule has 4 rings (SSSR count). The number of hydrogen-bond donors (Lipinski definition) is 1. The van der Waals surface area contributed by atoms with Crippen LogP contribution in [0, 0.1) is 11.8 Å². The molecule has 0 radical (unpaired) electrons. The zero-order chi connectivity index (χ0) is 21.1. The number of piperazine rings is 1. The molecule has 1 saturated carbocycles. The van der Waals surface area contributed by atoms with Crippen molar-refractivity contribution in [2.75, 3.05) is 52.9 Å². The Morgan fingerprint density at radius 1 is 1.00 bits per heavy atom. The van der Waals surface area contributed by atoms with Gasteiger partial charge in [-0.1, -0.05) is 44.2 Å². The van der Waals surface area contributed by atoms with Crippen molar-refractivity contribution in [3.8, 4) is 0 Å². The van der Waals surface area contributed by atoms with Gasteiger partial charge in [0.2, 0.25) is 5.91 Å². The van der Waals surface area contributed by atoms with Gasteiger partial charge in [-0.2, -0.15) is 0 Å².